The van der Waals surface area contributed by atoms with Gasteiger partial charge in [0.2, 0.25) is 10.0 Å². The van der Waals surface area contributed by atoms with E-state index >= 15 is 0 Å². The highest BCUT2D eigenvalue weighted by molar-refractivity contribution is 7.89. The van der Waals surface area contributed by atoms with Crippen molar-refractivity contribution in [2.45, 2.75) is 10.9 Å². The van der Waals surface area contributed by atoms with E-state index in [0.29, 0.717) is 29.9 Å². The van der Waals surface area contributed by atoms with Gasteiger partial charge < -0.3 is 4.90 Å². The van der Waals surface area contributed by atoms with E-state index < -0.39 is 10.0 Å². The van der Waals surface area contributed by atoms with Crippen LogP contribution in [0.3, 0.4) is 0 Å². The first-order valence-corrected chi connectivity index (χ1v) is 9.85. The van der Waals surface area contributed by atoms with E-state index in [1.54, 1.807) is 25.2 Å². The van der Waals surface area contributed by atoms with Gasteiger partial charge in [0.1, 0.15) is 22.0 Å². The Morgan fingerprint density at radius 3 is 2.81 bits per heavy atom. The van der Waals surface area contributed by atoms with Gasteiger partial charge in [0.05, 0.1) is 17.8 Å². The first kappa shape index (κ1) is 16.8. The highest BCUT2D eigenvalue weighted by atomic mass is 32.2. The van der Waals surface area contributed by atoms with Crippen LogP contribution in [0.4, 0.5) is 5.82 Å². The maximum absolute atomic E-state index is 13.0. The number of likely N-dealkylation sites (N-methyl/N-ethyl adjacent to an activating group) is 1. The molecule has 3 aromatic rings. The summed E-state index contributed by atoms with van der Waals surface area (Å²) in [6.45, 7) is 0.878. The number of aromatic nitrogens is 4. The highest BCUT2D eigenvalue weighted by Crippen LogP contribution is 2.29. The molecule has 0 amide bonds. The predicted molar refractivity (Wildman–Crippen MR) is 95.1 cm³/mol. The molecule has 0 spiro atoms. The fourth-order valence-electron chi connectivity index (χ4n) is 2.84. The minimum absolute atomic E-state index is 0.155. The quantitative estimate of drug-likeness (QED) is 0.647. The zero-order valence-electron chi connectivity index (χ0n) is 13.6. The van der Waals surface area contributed by atoms with E-state index in [4.69, 9.17) is 5.26 Å². The second kappa shape index (κ2) is 6.24. The van der Waals surface area contributed by atoms with Crippen LogP contribution in [0, 0.1) is 11.3 Å². The summed E-state index contributed by atoms with van der Waals surface area (Å²) >= 11 is 0.988. The Labute approximate surface area is 153 Å². The van der Waals surface area contributed by atoms with Crippen molar-refractivity contribution >= 4 is 38.6 Å². The molecule has 2 aromatic heterocycles. The van der Waals surface area contributed by atoms with E-state index in [1.807, 2.05) is 11.0 Å². The average molecular weight is 387 g/mol. The fraction of sp³-hybridized carbons (Fsp3) is 0.267. The second-order valence-electron chi connectivity index (χ2n) is 5.81. The van der Waals surface area contributed by atoms with Crippen LogP contribution in [0.2, 0.25) is 0 Å². The Morgan fingerprint density at radius 1 is 1.27 bits per heavy atom. The van der Waals surface area contributed by atoms with Crippen molar-refractivity contribution in [2.24, 2.45) is 0 Å². The fourth-order valence-corrected chi connectivity index (χ4v) is 4.93. The number of anilines is 1. The number of rotatable bonds is 4. The molecule has 0 N–H and O–H groups in total. The molecule has 0 bridgehead atoms. The zero-order valence-corrected chi connectivity index (χ0v) is 15.3. The Morgan fingerprint density at radius 2 is 2.04 bits per heavy atom. The van der Waals surface area contributed by atoms with Gasteiger partial charge in [-0.15, -0.1) is 0 Å². The molecule has 1 saturated heterocycles. The zero-order chi connectivity index (χ0) is 18.3. The third-order valence-corrected chi connectivity index (χ3v) is 6.85. The summed E-state index contributed by atoms with van der Waals surface area (Å²) in [6, 6.07) is 6.72. The standard InChI is InChI=1S/C15H13N7O2S2/c1-21(10-8-22(9-10)15-12(7-16)17-5-6-18-15)26(23,24)13-4-2-3-11-14(13)20-25-19-11/h2-6,10H,8-9H2,1H3. The van der Waals surface area contributed by atoms with Crippen LogP contribution >= 0.6 is 11.7 Å². The Kier molecular flexibility index (Phi) is 4.03. The Balaban J connectivity index is 1.57. The molecule has 1 fully saturated rings. The van der Waals surface area contributed by atoms with Crippen LogP contribution in [0.1, 0.15) is 5.69 Å². The van der Waals surface area contributed by atoms with Crippen LogP contribution in [-0.2, 0) is 10.0 Å². The van der Waals surface area contributed by atoms with Gasteiger partial charge in [-0.25, -0.2) is 18.4 Å². The molecule has 1 aromatic carbocycles. The van der Waals surface area contributed by atoms with Gasteiger partial charge in [-0.1, -0.05) is 6.07 Å². The number of benzene rings is 1. The number of hydrogen-bond acceptors (Lipinski definition) is 9. The second-order valence-corrected chi connectivity index (χ2v) is 8.30. The molecular formula is C15H13N7O2S2. The van der Waals surface area contributed by atoms with Crippen LogP contribution in [0.5, 0.6) is 0 Å². The van der Waals surface area contributed by atoms with Crippen LogP contribution < -0.4 is 4.90 Å². The van der Waals surface area contributed by atoms with Gasteiger partial charge in [-0.05, 0) is 12.1 Å². The number of nitriles is 1. The normalized spacial score (nSPS) is 15.2. The van der Waals surface area contributed by atoms with E-state index in [1.165, 1.54) is 16.7 Å². The van der Waals surface area contributed by atoms with E-state index in [-0.39, 0.29) is 16.6 Å². The number of nitrogens with zero attached hydrogens (tertiary/aromatic N) is 7. The van der Waals surface area contributed by atoms with Crippen molar-refractivity contribution in [3.05, 3.63) is 36.3 Å². The number of fused-ring (bicyclic) bond motifs is 1. The third kappa shape index (κ3) is 2.59. The van der Waals surface area contributed by atoms with Crippen LogP contribution in [0.25, 0.3) is 11.0 Å². The SMILES string of the molecule is CN(C1CN(c2nccnc2C#N)C1)S(=O)(=O)c1cccc2nsnc12. The average Bonchev–Trinajstić information content (AvgIpc) is 3.09. The topological polar surface area (TPSA) is 116 Å². The van der Waals surface area contributed by atoms with E-state index in [2.05, 4.69) is 18.7 Å². The van der Waals surface area contributed by atoms with Crippen molar-refractivity contribution in [3.8, 4) is 6.07 Å². The molecule has 0 unspecified atom stereocenters. The summed E-state index contributed by atoms with van der Waals surface area (Å²) in [6.07, 6.45) is 2.97. The molecule has 11 heteroatoms. The third-order valence-electron chi connectivity index (χ3n) is 4.37. The lowest BCUT2D eigenvalue weighted by atomic mass is 10.1. The monoisotopic (exact) mass is 387 g/mol. The summed E-state index contributed by atoms with van der Waals surface area (Å²) in [5.74, 6) is 0.475. The summed E-state index contributed by atoms with van der Waals surface area (Å²) in [5.41, 5.74) is 1.19. The summed E-state index contributed by atoms with van der Waals surface area (Å²) in [7, 11) is -2.15. The molecule has 0 atom stereocenters. The van der Waals surface area contributed by atoms with Crippen LogP contribution in [0.15, 0.2) is 35.5 Å². The molecule has 1 aliphatic rings. The molecule has 3 heterocycles. The minimum Gasteiger partial charge on any atom is -0.351 e. The first-order valence-electron chi connectivity index (χ1n) is 7.67. The minimum atomic E-state index is -3.71. The molecule has 1 aliphatic heterocycles. The van der Waals surface area contributed by atoms with Gasteiger partial charge in [-0.3, -0.25) is 0 Å². The molecule has 0 radical (unpaired) electrons. The van der Waals surface area contributed by atoms with E-state index in [0.717, 1.165) is 11.7 Å². The van der Waals surface area contributed by atoms with Crippen LogP contribution in [-0.4, -0.2) is 57.6 Å². The molecule has 0 saturated carbocycles. The maximum atomic E-state index is 13.0. The summed E-state index contributed by atoms with van der Waals surface area (Å²) < 4.78 is 35.6. The molecule has 0 aliphatic carbocycles. The molecule has 26 heavy (non-hydrogen) atoms. The van der Waals surface area contributed by atoms with Crippen molar-refractivity contribution in [2.75, 3.05) is 25.0 Å². The lowest BCUT2D eigenvalue weighted by Crippen LogP contribution is -2.60. The van der Waals surface area contributed by atoms with Gasteiger partial charge in [0.25, 0.3) is 0 Å². The predicted octanol–water partition coefficient (Wildman–Crippen LogP) is 0.862. The molecule has 9 nitrogen and oxygen atoms in total. The molecule has 132 valence electrons. The summed E-state index contributed by atoms with van der Waals surface area (Å²) in [4.78, 5) is 10.2. The number of hydrogen-bond donors (Lipinski definition) is 0. The first-order chi connectivity index (χ1) is 12.5. The van der Waals surface area contributed by atoms with Gasteiger partial charge in [-0.2, -0.15) is 18.3 Å². The van der Waals surface area contributed by atoms with Gasteiger partial charge >= 0.3 is 0 Å². The molecule has 4 rings (SSSR count). The van der Waals surface area contributed by atoms with E-state index in [9.17, 15) is 8.42 Å². The molecular weight excluding hydrogens is 374 g/mol. The summed E-state index contributed by atoms with van der Waals surface area (Å²) in [5, 5.41) is 9.12. The van der Waals surface area contributed by atoms with Crippen molar-refractivity contribution in [1.82, 2.24) is 23.0 Å². The van der Waals surface area contributed by atoms with Crippen molar-refractivity contribution in [1.29, 1.82) is 5.26 Å². The maximum Gasteiger partial charge on any atom is 0.245 e. The Bertz CT molecular complexity index is 1120. The van der Waals surface area contributed by atoms with Gasteiger partial charge in [0.15, 0.2) is 11.5 Å². The number of sulfonamides is 1. The van der Waals surface area contributed by atoms with Crippen molar-refractivity contribution in [3.63, 3.8) is 0 Å². The lowest BCUT2D eigenvalue weighted by Gasteiger charge is -2.43. The largest absolute Gasteiger partial charge is 0.351 e. The lowest BCUT2D eigenvalue weighted by molar-refractivity contribution is 0.309. The smallest absolute Gasteiger partial charge is 0.245 e. The highest BCUT2D eigenvalue weighted by Gasteiger charge is 2.38. The van der Waals surface area contributed by atoms with Crippen molar-refractivity contribution < 1.29 is 8.42 Å². The van der Waals surface area contributed by atoms with Gasteiger partial charge in [0, 0.05) is 32.5 Å². The Hall–Kier alpha value is -2.68.